The van der Waals surface area contributed by atoms with E-state index in [-0.39, 0.29) is 45.8 Å². The number of hydrogen-bond donors (Lipinski definition) is 1. The number of likely N-dealkylation sites (tertiary alicyclic amines) is 1. The number of nitro groups is 1. The van der Waals surface area contributed by atoms with Gasteiger partial charge in [-0.05, 0) is 18.1 Å². The first-order valence-corrected chi connectivity index (χ1v) is 10.3. The van der Waals surface area contributed by atoms with Gasteiger partial charge in [0, 0.05) is 38.3 Å². The Kier molecular flexibility index (Phi) is 7.31. The molecule has 1 aliphatic heterocycles. The number of nitrogens with zero attached hydrogens (tertiary/aromatic N) is 3. The van der Waals surface area contributed by atoms with E-state index in [1.807, 2.05) is 30.3 Å². The van der Waals surface area contributed by atoms with Gasteiger partial charge in [0.2, 0.25) is 5.91 Å². The number of hydrogen-bond acceptors (Lipinski definition) is 5. The molecule has 0 aliphatic carbocycles. The minimum Gasteiger partial charge on any atom is -0.392 e. The molecule has 1 heterocycles. The number of carbonyl (C=O) groups excluding carboxylic acids is 1. The molecule has 7 nitrogen and oxygen atoms in total. The molecule has 2 aromatic carbocycles. The van der Waals surface area contributed by atoms with Crippen molar-refractivity contribution in [3.8, 4) is 0 Å². The number of likely N-dealkylation sites (N-methyl/N-ethyl adjacent to an activating group) is 1. The molecule has 1 saturated heterocycles. The zero-order chi connectivity index (χ0) is 21.8. The quantitative estimate of drug-likeness (QED) is 0.511. The zero-order valence-corrected chi connectivity index (χ0v) is 18.0. The minimum atomic E-state index is -0.564. The van der Waals surface area contributed by atoms with Gasteiger partial charge in [0.25, 0.3) is 5.69 Å². The summed E-state index contributed by atoms with van der Waals surface area (Å²) in [5.74, 6) is -0.273. The summed E-state index contributed by atoms with van der Waals surface area (Å²) in [7, 11) is 1.69. The molecule has 0 radical (unpaired) electrons. The second kappa shape index (κ2) is 9.75. The van der Waals surface area contributed by atoms with Gasteiger partial charge in [0.05, 0.1) is 33.5 Å². The molecular formula is C21H23Cl2N3O4. The third kappa shape index (κ3) is 5.29. The summed E-state index contributed by atoms with van der Waals surface area (Å²) in [6.45, 7) is 1.88. The Balaban J connectivity index is 1.84. The Morgan fingerprint density at radius 3 is 2.57 bits per heavy atom. The largest absolute Gasteiger partial charge is 0.392 e. The fourth-order valence-corrected chi connectivity index (χ4v) is 4.04. The molecule has 160 valence electrons. The molecule has 1 aliphatic rings. The number of nitro benzene ring substituents is 1. The number of aliphatic hydroxyl groups excluding tert-OH is 1. The van der Waals surface area contributed by atoms with Crippen molar-refractivity contribution < 1.29 is 14.8 Å². The van der Waals surface area contributed by atoms with Crippen molar-refractivity contribution in [2.75, 3.05) is 26.7 Å². The molecule has 0 saturated carbocycles. The summed E-state index contributed by atoms with van der Waals surface area (Å²) in [5.41, 5.74) is 0.943. The maximum atomic E-state index is 13.1. The zero-order valence-electron chi connectivity index (χ0n) is 16.5. The fraction of sp³-hybridized carbons (Fsp3) is 0.381. The van der Waals surface area contributed by atoms with Crippen LogP contribution in [-0.4, -0.2) is 58.5 Å². The van der Waals surface area contributed by atoms with Crippen LogP contribution in [0.4, 0.5) is 5.69 Å². The third-order valence-corrected chi connectivity index (χ3v) is 6.11. The summed E-state index contributed by atoms with van der Waals surface area (Å²) in [6, 6.07) is 11.9. The molecule has 2 aromatic rings. The monoisotopic (exact) mass is 451 g/mol. The lowest BCUT2D eigenvalue weighted by atomic mass is 10.0. The van der Waals surface area contributed by atoms with Crippen molar-refractivity contribution in [3.05, 3.63) is 73.8 Å². The second-order valence-corrected chi connectivity index (χ2v) is 8.28. The van der Waals surface area contributed by atoms with E-state index in [0.29, 0.717) is 19.5 Å². The van der Waals surface area contributed by atoms with Crippen molar-refractivity contribution >= 4 is 34.8 Å². The van der Waals surface area contributed by atoms with Crippen molar-refractivity contribution in [2.45, 2.75) is 25.0 Å². The minimum absolute atomic E-state index is 0.0719. The average Bonchev–Trinajstić information content (AvgIpc) is 3.13. The van der Waals surface area contributed by atoms with Gasteiger partial charge in [-0.3, -0.25) is 19.8 Å². The third-order valence-electron chi connectivity index (χ3n) is 5.38. The SMILES string of the molecule is CN(C(=O)Cc1cc(Cl)c(Cl)cc1[N+](=O)[O-])[C@H](CN1CC[C@H](O)C1)c1ccccc1. The normalized spacial score (nSPS) is 17.7. The Bertz CT molecular complexity index is 926. The van der Waals surface area contributed by atoms with Crippen LogP contribution < -0.4 is 0 Å². The van der Waals surface area contributed by atoms with Gasteiger partial charge >= 0.3 is 0 Å². The van der Waals surface area contributed by atoms with Gasteiger partial charge in [0.15, 0.2) is 0 Å². The van der Waals surface area contributed by atoms with Crippen molar-refractivity contribution in [3.63, 3.8) is 0 Å². The highest BCUT2D eigenvalue weighted by Gasteiger charge is 2.29. The highest BCUT2D eigenvalue weighted by atomic mass is 35.5. The van der Waals surface area contributed by atoms with E-state index in [2.05, 4.69) is 4.90 Å². The molecule has 30 heavy (non-hydrogen) atoms. The average molecular weight is 452 g/mol. The Labute approximate surface area is 185 Å². The summed E-state index contributed by atoms with van der Waals surface area (Å²) < 4.78 is 0. The number of amides is 1. The first kappa shape index (κ1) is 22.5. The molecule has 1 N–H and O–H groups in total. The number of benzene rings is 2. The Morgan fingerprint density at radius 2 is 1.97 bits per heavy atom. The highest BCUT2D eigenvalue weighted by molar-refractivity contribution is 6.42. The molecule has 2 atom stereocenters. The number of β-amino-alcohol motifs (C(OH)–C–C–N with tert-alkyl or cyclic N) is 1. The van der Waals surface area contributed by atoms with E-state index in [1.165, 1.54) is 12.1 Å². The Morgan fingerprint density at radius 1 is 1.30 bits per heavy atom. The lowest BCUT2D eigenvalue weighted by molar-refractivity contribution is -0.385. The van der Waals surface area contributed by atoms with Crippen molar-refractivity contribution in [2.24, 2.45) is 0 Å². The molecule has 0 unspecified atom stereocenters. The second-order valence-electron chi connectivity index (χ2n) is 7.46. The maximum Gasteiger partial charge on any atom is 0.274 e. The maximum absolute atomic E-state index is 13.1. The van der Waals surface area contributed by atoms with Gasteiger partial charge in [-0.15, -0.1) is 0 Å². The van der Waals surface area contributed by atoms with Gasteiger partial charge in [-0.2, -0.15) is 0 Å². The van der Waals surface area contributed by atoms with Crippen LogP contribution >= 0.6 is 23.2 Å². The number of rotatable bonds is 7. The van der Waals surface area contributed by atoms with Crippen molar-refractivity contribution in [1.82, 2.24) is 9.80 Å². The van der Waals surface area contributed by atoms with Crippen LogP contribution in [-0.2, 0) is 11.2 Å². The first-order chi connectivity index (χ1) is 14.3. The summed E-state index contributed by atoms with van der Waals surface area (Å²) in [4.78, 5) is 27.7. The standard InChI is InChI=1S/C21H23Cl2N3O4/c1-24(21(28)10-15-9-17(22)18(23)11-19(15)26(29)30)20(14-5-3-2-4-6-14)13-25-8-7-16(27)12-25/h2-6,9,11,16,20,27H,7-8,10,12-13H2,1H3/t16-,20+/m0/s1. The number of aliphatic hydroxyl groups is 1. The van der Waals surface area contributed by atoms with Gasteiger partial charge in [-0.1, -0.05) is 53.5 Å². The fourth-order valence-electron chi connectivity index (χ4n) is 3.70. The van der Waals surface area contributed by atoms with E-state index < -0.39 is 4.92 Å². The molecule has 0 aromatic heterocycles. The van der Waals surface area contributed by atoms with Crippen LogP contribution in [0, 0.1) is 10.1 Å². The molecule has 0 bridgehead atoms. The van der Waals surface area contributed by atoms with Crippen LogP contribution in [0.5, 0.6) is 0 Å². The van der Waals surface area contributed by atoms with Crippen molar-refractivity contribution in [1.29, 1.82) is 0 Å². The van der Waals surface area contributed by atoms with E-state index in [0.717, 1.165) is 12.1 Å². The van der Waals surface area contributed by atoms with Gasteiger partial charge < -0.3 is 10.0 Å². The van der Waals surface area contributed by atoms with Crippen LogP contribution in [0.15, 0.2) is 42.5 Å². The first-order valence-electron chi connectivity index (χ1n) is 9.59. The predicted octanol–water partition coefficient (Wildman–Crippen LogP) is 3.71. The smallest absolute Gasteiger partial charge is 0.274 e. The topological polar surface area (TPSA) is 86.9 Å². The van der Waals surface area contributed by atoms with Gasteiger partial charge in [-0.25, -0.2) is 0 Å². The van der Waals surface area contributed by atoms with Crippen LogP contribution in [0.2, 0.25) is 10.0 Å². The summed E-state index contributed by atoms with van der Waals surface area (Å²) in [6.07, 6.45) is 0.172. The van der Waals surface area contributed by atoms with Crippen LogP contribution in [0.1, 0.15) is 23.6 Å². The molecule has 3 rings (SSSR count). The lowest BCUT2D eigenvalue weighted by Crippen LogP contribution is -2.39. The summed E-state index contributed by atoms with van der Waals surface area (Å²) in [5, 5.41) is 21.5. The molecule has 1 fully saturated rings. The number of carbonyl (C=O) groups is 1. The number of halogens is 2. The predicted molar refractivity (Wildman–Crippen MR) is 116 cm³/mol. The van der Waals surface area contributed by atoms with E-state index in [9.17, 15) is 20.0 Å². The lowest BCUT2D eigenvalue weighted by Gasteiger charge is -2.32. The Hall–Kier alpha value is -2.19. The summed E-state index contributed by atoms with van der Waals surface area (Å²) >= 11 is 11.9. The van der Waals surface area contributed by atoms with E-state index in [4.69, 9.17) is 23.2 Å². The molecule has 1 amide bonds. The molecule has 0 spiro atoms. The van der Waals surface area contributed by atoms with E-state index in [1.54, 1.807) is 11.9 Å². The molecular weight excluding hydrogens is 429 g/mol. The van der Waals surface area contributed by atoms with Gasteiger partial charge in [0.1, 0.15) is 0 Å². The highest BCUT2D eigenvalue weighted by Crippen LogP contribution is 2.32. The van der Waals surface area contributed by atoms with Crippen LogP contribution in [0.3, 0.4) is 0 Å². The van der Waals surface area contributed by atoms with E-state index >= 15 is 0 Å². The van der Waals surface area contributed by atoms with Crippen LogP contribution in [0.25, 0.3) is 0 Å². The molecule has 9 heteroatoms.